The maximum Gasteiger partial charge on any atom is -0.000323 e. The first-order chi connectivity index (χ1) is 14.2. The van der Waals surface area contributed by atoms with E-state index in [1.807, 2.05) is 0 Å². The monoisotopic (exact) mass is 429 g/mol. The fourth-order valence-corrected chi connectivity index (χ4v) is 4.35. The van der Waals surface area contributed by atoms with Gasteiger partial charge in [0.1, 0.15) is 0 Å². The summed E-state index contributed by atoms with van der Waals surface area (Å²) in [5, 5.41) is 3.27. The first-order valence-corrected chi connectivity index (χ1v) is 13.0. The van der Waals surface area contributed by atoms with Gasteiger partial charge in [-0.05, 0) is 71.6 Å². The summed E-state index contributed by atoms with van der Waals surface area (Å²) in [6.07, 6.45) is 9.81. The van der Waals surface area contributed by atoms with E-state index in [-0.39, 0.29) is 5.41 Å². The average molecular weight is 430 g/mol. The van der Waals surface area contributed by atoms with Crippen molar-refractivity contribution >= 4 is 0 Å². The number of benzene rings is 1. The molecule has 1 heteroatoms. The highest BCUT2D eigenvalue weighted by Crippen LogP contribution is 2.37. The fraction of sp³-hybridized carbons (Fsp3) is 0.800. The minimum absolute atomic E-state index is 0.281. The van der Waals surface area contributed by atoms with Crippen molar-refractivity contribution in [3.05, 3.63) is 35.4 Å². The van der Waals surface area contributed by atoms with E-state index in [2.05, 4.69) is 98.8 Å². The van der Waals surface area contributed by atoms with Gasteiger partial charge in [-0.1, -0.05) is 119 Å². The van der Waals surface area contributed by atoms with Gasteiger partial charge in [0, 0.05) is 0 Å². The predicted octanol–water partition coefficient (Wildman–Crippen LogP) is 8.80. The van der Waals surface area contributed by atoms with Crippen LogP contribution in [0.1, 0.15) is 119 Å². The zero-order chi connectivity index (χ0) is 23.7. The van der Waals surface area contributed by atoms with E-state index in [9.17, 15) is 0 Å². The van der Waals surface area contributed by atoms with Crippen LogP contribution in [0, 0.1) is 22.7 Å². The third kappa shape index (κ3) is 11.0. The van der Waals surface area contributed by atoms with Gasteiger partial charge in [0.2, 0.25) is 0 Å². The standard InChI is InChI=1S/C13H20.C10H20.C7H15N/c1-5-7-11-8-6-9-12(10-11)13(2,3)4;1-10(2,3)9-7-5-4-6-8-9;1-7(2,3)6-4-8-5-6/h6,8-10H,5,7H2,1-4H3;9H,4-8H2,1-3H3;6,8H,4-5H2,1-3H3. The SMILES string of the molecule is CC(C)(C)C1CCCCC1.CC(C)(C)C1CNC1.CCCc1cccc(C(C)(C)C)c1. The Morgan fingerprint density at radius 1 is 0.774 bits per heavy atom. The molecule has 2 aliphatic rings. The lowest BCUT2D eigenvalue weighted by molar-refractivity contribution is 0.165. The van der Waals surface area contributed by atoms with Gasteiger partial charge in [-0.3, -0.25) is 0 Å². The summed E-state index contributed by atoms with van der Waals surface area (Å²) < 4.78 is 0. The van der Waals surface area contributed by atoms with E-state index in [1.54, 1.807) is 0 Å². The second-order valence-electron chi connectivity index (χ2n) is 13.1. The molecule has 1 saturated heterocycles. The molecule has 1 aromatic carbocycles. The van der Waals surface area contributed by atoms with Crippen LogP contribution in [-0.2, 0) is 11.8 Å². The zero-order valence-electron chi connectivity index (χ0n) is 22.8. The summed E-state index contributed by atoms with van der Waals surface area (Å²) in [6.45, 7) is 25.5. The molecule has 1 aliphatic heterocycles. The molecule has 2 fully saturated rings. The lowest BCUT2D eigenvalue weighted by Gasteiger charge is -2.38. The Balaban J connectivity index is 0.000000240. The van der Waals surface area contributed by atoms with Crippen molar-refractivity contribution in [1.82, 2.24) is 5.32 Å². The highest BCUT2D eigenvalue weighted by molar-refractivity contribution is 5.28. The maximum atomic E-state index is 3.27. The van der Waals surface area contributed by atoms with E-state index >= 15 is 0 Å². The summed E-state index contributed by atoms with van der Waals surface area (Å²) in [7, 11) is 0. The highest BCUT2D eigenvalue weighted by Gasteiger charge is 2.29. The normalized spacial score (nSPS) is 18.3. The van der Waals surface area contributed by atoms with E-state index in [4.69, 9.17) is 0 Å². The largest absolute Gasteiger partial charge is 0.316 e. The van der Waals surface area contributed by atoms with E-state index in [0.29, 0.717) is 10.8 Å². The van der Waals surface area contributed by atoms with Crippen LogP contribution in [0.5, 0.6) is 0 Å². The lowest BCUT2D eigenvalue weighted by Crippen LogP contribution is -2.48. The molecule has 3 rings (SSSR count). The molecule has 1 heterocycles. The van der Waals surface area contributed by atoms with E-state index in [0.717, 1.165) is 11.8 Å². The number of nitrogens with one attached hydrogen (secondary N) is 1. The first kappa shape index (κ1) is 28.2. The average Bonchev–Trinajstić information content (AvgIpc) is 2.60. The Kier molecular flexibility index (Phi) is 11.3. The van der Waals surface area contributed by atoms with Gasteiger partial charge >= 0.3 is 0 Å². The third-order valence-corrected chi connectivity index (χ3v) is 7.17. The van der Waals surface area contributed by atoms with Crippen molar-refractivity contribution < 1.29 is 0 Å². The second-order valence-corrected chi connectivity index (χ2v) is 13.1. The number of aryl methyl sites for hydroxylation is 1. The molecule has 180 valence electrons. The van der Waals surface area contributed by atoms with Crippen LogP contribution in [0.4, 0.5) is 0 Å². The Morgan fingerprint density at radius 3 is 1.65 bits per heavy atom. The predicted molar refractivity (Wildman–Crippen MR) is 141 cm³/mol. The van der Waals surface area contributed by atoms with Crippen LogP contribution in [-0.4, -0.2) is 13.1 Å². The minimum atomic E-state index is 0.281. The molecule has 1 aliphatic carbocycles. The van der Waals surface area contributed by atoms with Crippen molar-refractivity contribution in [3.63, 3.8) is 0 Å². The maximum absolute atomic E-state index is 3.27. The highest BCUT2D eigenvalue weighted by atomic mass is 15.0. The Bertz CT molecular complexity index is 599. The van der Waals surface area contributed by atoms with Crippen molar-refractivity contribution in [3.8, 4) is 0 Å². The zero-order valence-corrected chi connectivity index (χ0v) is 22.8. The van der Waals surface area contributed by atoms with E-state index < -0.39 is 0 Å². The fourth-order valence-electron chi connectivity index (χ4n) is 4.35. The molecule has 1 nitrogen and oxygen atoms in total. The Labute approximate surface area is 196 Å². The quantitative estimate of drug-likeness (QED) is 0.495. The molecule has 0 spiro atoms. The molecule has 0 amide bonds. The van der Waals surface area contributed by atoms with Crippen LogP contribution in [0.3, 0.4) is 0 Å². The van der Waals surface area contributed by atoms with Crippen molar-refractivity contribution in [1.29, 1.82) is 0 Å². The van der Waals surface area contributed by atoms with Gasteiger partial charge in [-0.15, -0.1) is 0 Å². The summed E-state index contributed by atoms with van der Waals surface area (Å²) in [4.78, 5) is 0. The van der Waals surface area contributed by atoms with Crippen LogP contribution < -0.4 is 5.32 Å². The second kappa shape index (κ2) is 12.4. The topological polar surface area (TPSA) is 12.0 Å². The molecule has 1 aromatic rings. The molecule has 0 unspecified atom stereocenters. The van der Waals surface area contributed by atoms with Crippen molar-refractivity contribution in [2.24, 2.45) is 22.7 Å². The number of rotatable bonds is 2. The lowest BCUT2D eigenvalue weighted by atomic mass is 9.72. The summed E-state index contributed by atoms with van der Waals surface area (Å²) in [5.41, 5.74) is 4.29. The van der Waals surface area contributed by atoms with Crippen molar-refractivity contribution in [2.75, 3.05) is 13.1 Å². The molecule has 0 atom stereocenters. The third-order valence-electron chi connectivity index (χ3n) is 7.17. The van der Waals surface area contributed by atoms with Gasteiger partial charge in [0.05, 0.1) is 0 Å². The molecule has 0 bridgehead atoms. The number of hydrogen-bond acceptors (Lipinski definition) is 1. The molecule has 31 heavy (non-hydrogen) atoms. The van der Waals surface area contributed by atoms with Gasteiger partial charge in [-0.2, -0.15) is 0 Å². The molecular formula is C30H55N. The van der Waals surface area contributed by atoms with Gasteiger partial charge in [0.25, 0.3) is 0 Å². The van der Waals surface area contributed by atoms with Crippen molar-refractivity contribution in [2.45, 2.75) is 120 Å². The van der Waals surface area contributed by atoms with Crippen LogP contribution in [0.2, 0.25) is 0 Å². The Hall–Kier alpha value is -0.820. The first-order valence-electron chi connectivity index (χ1n) is 13.0. The summed E-state index contributed by atoms with van der Waals surface area (Å²) in [6, 6.07) is 8.95. The Morgan fingerprint density at radius 2 is 1.32 bits per heavy atom. The molecule has 0 aromatic heterocycles. The van der Waals surface area contributed by atoms with Crippen LogP contribution >= 0.6 is 0 Å². The number of hydrogen-bond donors (Lipinski definition) is 1. The minimum Gasteiger partial charge on any atom is -0.316 e. The summed E-state index contributed by atoms with van der Waals surface area (Å²) in [5.74, 6) is 1.92. The molecule has 1 N–H and O–H groups in total. The van der Waals surface area contributed by atoms with Crippen LogP contribution in [0.15, 0.2) is 24.3 Å². The molecule has 0 radical (unpaired) electrons. The van der Waals surface area contributed by atoms with E-state index in [1.165, 1.54) is 69.2 Å². The van der Waals surface area contributed by atoms with Gasteiger partial charge in [0.15, 0.2) is 0 Å². The molecular weight excluding hydrogens is 374 g/mol. The smallest absolute Gasteiger partial charge is 0.000323 e. The van der Waals surface area contributed by atoms with Gasteiger partial charge in [-0.25, -0.2) is 0 Å². The van der Waals surface area contributed by atoms with Gasteiger partial charge < -0.3 is 5.32 Å². The van der Waals surface area contributed by atoms with Crippen LogP contribution in [0.25, 0.3) is 0 Å². The molecule has 1 saturated carbocycles. The summed E-state index contributed by atoms with van der Waals surface area (Å²) >= 11 is 0.